The molecule has 1 heterocycles. The second kappa shape index (κ2) is 4.70. The van der Waals surface area contributed by atoms with Gasteiger partial charge >= 0.3 is 5.97 Å². The molecule has 0 atom stereocenters. The number of nitrogen functional groups attached to an aromatic ring is 1. The number of esters is 1. The van der Waals surface area contributed by atoms with Crippen LogP contribution in [0.25, 0.3) is 0 Å². The maximum Gasteiger partial charge on any atom is 0.360 e. The lowest BCUT2D eigenvalue weighted by Gasteiger charge is -1.98. The monoisotopic (exact) mass is 255 g/mol. The highest BCUT2D eigenvalue weighted by Gasteiger charge is 2.30. The van der Waals surface area contributed by atoms with E-state index in [9.17, 15) is 9.59 Å². The van der Waals surface area contributed by atoms with E-state index in [-0.39, 0.29) is 29.1 Å². The smallest absolute Gasteiger partial charge is 0.360 e. The van der Waals surface area contributed by atoms with Gasteiger partial charge in [0.1, 0.15) is 5.00 Å². The number of rotatable bonds is 4. The van der Waals surface area contributed by atoms with Gasteiger partial charge in [0.05, 0.1) is 6.61 Å². The van der Waals surface area contributed by atoms with E-state index >= 15 is 0 Å². The molecule has 1 aromatic heterocycles. The van der Waals surface area contributed by atoms with E-state index in [1.807, 2.05) is 0 Å². The van der Waals surface area contributed by atoms with Crippen LogP contribution in [0.4, 0.5) is 10.1 Å². The van der Waals surface area contributed by atoms with Crippen molar-refractivity contribution in [3.05, 3.63) is 5.69 Å². The lowest BCUT2D eigenvalue weighted by atomic mass is 10.4. The van der Waals surface area contributed by atoms with E-state index in [0.29, 0.717) is 5.13 Å². The van der Waals surface area contributed by atoms with Crippen LogP contribution < -0.4 is 11.1 Å². The van der Waals surface area contributed by atoms with Crippen molar-refractivity contribution in [1.82, 2.24) is 4.98 Å². The molecule has 0 saturated heterocycles. The molecular formula is C10H13N3O3S. The van der Waals surface area contributed by atoms with Gasteiger partial charge in [0.25, 0.3) is 0 Å². The quantitative estimate of drug-likeness (QED) is 0.789. The van der Waals surface area contributed by atoms with Crippen molar-refractivity contribution in [3.8, 4) is 0 Å². The average molecular weight is 255 g/mol. The maximum absolute atomic E-state index is 11.5. The molecule has 1 amide bonds. The number of ether oxygens (including phenoxy) is 1. The van der Waals surface area contributed by atoms with Crippen LogP contribution >= 0.6 is 11.3 Å². The summed E-state index contributed by atoms with van der Waals surface area (Å²) in [5.74, 6) is -0.534. The summed E-state index contributed by atoms with van der Waals surface area (Å²) in [7, 11) is 0. The topological polar surface area (TPSA) is 94.3 Å². The summed E-state index contributed by atoms with van der Waals surface area (Å²) in [5, 5.41) is 3.25. The van der Waals surface area contributed by atoms with Gasteiger partial charge in [0.15, 0.2) is 10.8 Å². The van der Waals surface area contributed by atoms with Crippen molar-refractivity contribution in [2.24, 2.45) is 5.92 Å². The molecule has 2 rings (SSSR count). The third-order valence-electron chi connectivity index (χ3n) is 2.30. The van der Waals surface area contributed by atoms with Crippen molar-refractivity contribution < 1.29 is 14.3 Å². The number of carbonyl (C=O) groups excluding carboxylic acids is 2. The molecule has 92 valence electrons. The third-order valence-corrected chi connectivity index (χ3v) is 3.10. The normalized spacial score (nSPS) is 14.4. The highest BCUT2D eigenvalue weighted by Crippen LogP contribution is 2.32. The van der Waals surface area contributed by atoms with E-state index in [0.717, 1.165) is 24.2 Å². The molecule has 7 heteroatoms. The highest BCUT2D eigenvalue weighted by molar-refractivity contribution is 7.19. The Kier molecular flexibility index (Phi) is 3.28. The number of aromatic nitrogens is 1. The molecular weight excluding hydrogens is 242 g/mol. The van der Waals surface area contributed by atoms with Gasteiger partial charge in [0.2, 0.25) is 5.91 Å². The molecule has 0 unspecified atom stereocenters. The Labute approximate surface area is 102 Å². The summed E-state index contributed by atoms with van der Waals surface area (Å²) >= 11 is 1.08. The minimum absolute atomic E-state index is 0.0610. The number of nitrogens with zero attached hydrogens (tertiary/aromatic N) is 1. The Bertz CT molecular complexity index is 454. The zero-order valence-corrected chi connectivity index (χ0v) is 10.2. The second-order valence-electron chi connectivity index (χ2n) is 3.72. The van der Waals surface area contributed by atoms with Gasteiger partial charge in [-0.05, 0) is 19.8 Å². The maximum atomic E-state index is 11.5. The molecule has 1 aliphatic carbocycles. The zero-order valence-electron chi connectivity index (χ0n) is 9.36. The predicted molar refractivity (Wildman–Crippen MR) is 63.8 cm³/mol. The van der Waals surface area contributed by atoms with E-state index < -0.39 is 5.97 Å². The summed E-state index contributed by atoms with van der Waals surface area (Å²) in [4.78, 5) is 26.9. The number of carbonyl (C=O) groups is 2. The standard InChI is InChI=1S/C10H13N3O3S/c1-2-16-9(15)6-7(11)17-10(12-6)13-8(14)5-3-4-5/h5H,2-4,11H2,1H3,(H,12,13,14). The van der Waals surface area contributed by atoms with E-state index in [1.54, 1.807) is 6.92 Å². The highest BCUT2D eigenvalue weighted by atomic mass is 32.1. The van der Waals surface area contributed by atoms with Crippen LogP contribution in [0.3, 0.4) is 0 Å². The summed E-state index contributed by atoms with van der Waals surface area (Å²) in [5.41, 5.74) is 5.72. The molecule has 0 radical (unpaired) electrons. The number of hydrogen-bond donors (Lipinski definition) is 2. The number of amides is 1. The Morgan fingerprint density at radius 1 is 1.59 bits per heavy atom. The SMILES string of the molecule is CCOC(=O)c1nc(NC(=O)C2CC2)sc1N. The fraction of sp³-hybridized carbons (Fsp3) is 0.500. The first-order valence-corrected chi connectivity index (χ1v) is 6.17. The van der Waals surface area contributed by atoms with Gasteiger partial charge in [-0.3, -0.25) is 4.79 Å². The molecule has 1 saturated carbocycles. The van der Waals surface area contributed by atoms with Crippen LogP contribution in [0.1, 0.15) is 30.3 Å². The molecule has 0 spiro atoms. The largest absolute Gasteiger partial charge is 0.461 e. The predicted octanol–water partition coefficient (Wildman–Crippen LogP) is 1.25. The van der Waals surface area contributed by atoms with Gasteiger partial charge in [0, 0.05) is 5.92 Å². The lowest BCUT2D eigenvalue weighted by molar-refractivity contribution is -0.117. The van der Waals surface area contributed by atoms with Gasteiger partial charge in [-0.1, -0.05) is 11.3 Å². The van der Waals surface area contributed by atoms with Crippen LogP contribution in [0.5, 0.6) is 0 Å². The number of nitrogens with one attached hydrogen (secondary N) is 1. The zero-order chi connectivity index (χ0) is 12.4. The first-order chi connectivity index (χ1) is 8.11. The Morgan fingerprint density at radius 3 is 2.88 bits per heavy atom. The van der Waals surface area contributed by atoms with E-state index in [2.05, 4.69) is 10.3 Å². The van der Waals surface area contributed by atoms with Gasteiger partial charge in [-0.25, -0.2) is 9.78 Å². The Balaban J connectivity index is 2.06. The van der Waals surface area contributed by atoms with Crippen molar-refractivity contribution >= 4 is 33.3 Å². The molecule has 3 N–H and O–H groups in total. The van der Waals surface area contributed by atoms with E-state index in [4.69, 9.17) is 10.5 Å². The Morgan fingerprint density at radius 2 is 2.29 bits per heavy atom. The summed E-state index contributed by atoms with van der Waals surface area (Å²) in [6, 6.07) is 0. The van der Waals surface area contributed by atoms with Crippen LogP contribution in [0.2, 0.25) is 0 Å². The fourth-order valence-corrected chi connectivity index (χ4v) is 2.01. The third kappa shape index (κ3) is 2.73. The van der Waals surface area contributed by atoms with Crippen LogP contribution in [-0.4, -0.2) is 23.5 Å². The van der Waals surface area contributed by atoms with Gasteiger partial charge < -0.3 is 15.8 Å². The fourth-order valence-electron chi connectivity index (χ4n) is 1.28. The average Bonchev–Trinajstić information content (AvgIpc) is 3.04. The first-order valence-electron chi connectivity index (χ1n) is 5.36. The Hall–Kier alpha value is -1.63. The van der Waals surface area contributed by atoms with Crippen molar-refractivity contribution in [3.63, 3.8) is 0 Å². The molecule has 0 aromatic carbocycles. The molecule has 0 bridgehead atoms. The summed E-state index contributed by atoms with van der Waals surface area (Å²) in [6.07, 6.45) is 1.83. The first kappa shape index (κ1) is 11.8. The molecule has 1 aromatic rings. The second-order valence-corrected chi connectivity index (χ2v) is 4.75. The number of nitrogens with two attached hydrogens (primary N) is 1. The van der Waals surface area contributed by atoms with Gasteiger partial charge in [-0.15, -0.1) is 0 Å². The van der Waals surface area contributed by atoms with Crippen molar-refractivity contribution in [1.29, 1.82) is 0 Å². The number of thiazole rings is 1. The summed E-state index contributed by atoms with van der Waals surface area (Å²) < 4.78 is 4.80. The van der Waals surface area contributed by atoms with Crippen LogP contribution in [0, 0.1) is 5.92 Å². The van der Waals surface area contributed by atoms with Crippen LogP contribution in [0.15, 0.2) is 0 Å². The van der Waals surface area contributed by atoms with Crippen molar-refractivity contribution in [2.75, 3.05) is 17.7 Å². The number of hydrogen-bond acceptors (Lipinski definition) is 6. The minimum atomic E-state index is -0.562. The van der Waals surface area contributed by atoms with Gasteiger partial charge in [-0.2, -0.15) is 0 Å². The molecule has 1 fully saturated rings. The molecule has 1 aliphatic rings. The summed E-state index contributed by atoms with van der Waals surface area (Å²) in [6.45, 7) is 1.97. The van der Waals surface area contributed by atoms with Crippen molar-refractivity contribution in [2.45, 2.75) is 19.8 Å². The number of anilines is 2. The molecule has 6 nitrogen and oxygen atoms in total. The van der Waals surface area contributed by atoms with E-state index in [1.165, 1.54) is 0 Å². The molecule has 0 aliphatic heterocycles. The minimum Gasteiger partial charge on any atom is -0.461 e. The molecule has 17 heavy (non-hydrogen) atoms. The van der Waals surface area contributed by atoms with Crippen LogP contribution in [-0.2, 0) is 9.53 Å². The lowest BCUT2D eigenvalue weighted by Crippen LogP contribution is -2.13.